The molecule has 0 spiro atoms. The van der Waals surface area contributed by atoms with Crippen molar-refractivity contribution in [2.45, 2.75) is 84.5 Å². The molecule has 3 unspecified atom stereocenters. The lowest BCUT2D eigenvalue weighted by atomic mass is 9.98. The van der Waals surface area contributed by atoms with Crippen LogP contribution in [0.15, 0.2) is 30.8 Å². The molecule has 7 nitrogen and oxygen atoms in total. The third-order valence-electron chi connectivity index (χ3n) is 5.31. The zero-order chi connectivity index (χ0) is 25.9. The van der Waals surface area contributed by atoms with Gasteiger partial charge < -0.3 is 20.3 Å². The smallest absolute Gasteiger partial charge is 0.408 e. The van der Waals surface area contributed by atoms with Crippen LogP contribution in [-0.2, 0) is 14.3 Å². The van der Waals surface area contributed by atoms with Crippen molar-refractivity contribution in [1.29, 1.82) is 0 Å². The molecule has 8 heteroatoms. The Balaban J connectivity index is 3.42. The Kier molecular flexibility index (Phi) is 12.2. The number of alkyl carbamates (subject to hydrolysis) is 1. The van der Waals surface area contributed by atoms with Gasteiger partial charge in [-0.25, -0.2) is 4.79 Å². The molecule has 0 heterocycles. The molecule has 0 saturated carbocycles. The Labute approximate surface area is 210 Å². The molecule has 2 N–H and O–H groups in total. The number of carbonyl (C=O) groups is 3. The molecule has 0 aliphatic heterocycles. The van der Waals surface area contributed by atoms with Crippen LogP contribution in [0, 0.1) is 0 Å². The molecule has 0 fully saturated rings. The fourth-order valence-electron chi connectivity index (χ4n) is 3.39. The minimum Gasteiger partial charge on any atom is -0.444 e. The van der Waals surface area contributed by atoms with E-state index in [1.165, 1.54) is 0 Å². The number of ether oxygens (including phenoxy) is 1. The lowest BCUT2D eigenvalue weighted by molar-refractivity contribution is -0.144. The lowest BCUT2D eigenvalue weighted by Crippen LogP contribution is -2.56. The van der Waals surface area contributed by atoms with E-state index in [0.29, 0.717) is 18.5 Å². The van der Waals surface area contributed by atoms with Gasteiger partial charge in [-0.05, 0) is 57.7 Å². The predicted octanol–water partition coefficient (Wildman–Crippen LogP) is 4.74. The molecule has 0 aliphatic rings. The van der Waals surface area contributed by atoms with E-state index in [1.807, 2.05) is 45.0 Å². The highest BCUT2D eigenvalue weighted by atomic mass is 32.1. The molecule has 3 atom stereocenters. The highest BCUT2D eigenvalue weighted by molar-refractivity contribution is 7.80. The normalized spacial score (nSPS) is 13.9. The molecule has 1 aromatic carbocycles. The number of amides is 3. The number of hydrogen-bond donors (Lipinski definition) is 3. The van der Waals surface area contributed by atoms with Gasteiger partial charge in [-0.2, -0.15) is 12.6 Å². The maximum atomic E-state index is 13.8. The molecule has 0 aliphatic carbocycles. The van der Waals surface area contributed by atoms with E-state index in [1.54, 1.807) is 31.7 Å². The molecule has 1 rings (SSSR count). The van der Waals surface area contributed by atoms with Gasteiger partial charge in [0.15, 0.2) is 0 Å². The van der Waals surface area contributed by atoms with E-state index in [-0.39, 0.29) is 17.7 Å². The van der Waals surface area contributed by atoms with Crippen LogP contribution in [0.3, 0.4) is 0 Å². The number of thiol groups is 1. The molecule has 0 aromatic heterocycles. The largest absolute Gasteiger partial charge is 0.444 e. The number of rotatable bonds is 12. The monoisotopic (exact) mass is 491 g/mol. The van der Waals surface area contributed by atoms with Crippen molar-refractivity contribution in [1.82, 2.24) is 15.5 Å². The first-order valence-corrected chi connectivity index (χ1v) is 12.5. The summed E-state index contributed by atoms with van der Waals surface area (Å²) in [5.74, 6) is -0.602. The number of benzene rings is 1. The summed E-state index contributed by atoms with van der Waals surface area (Å²) in [4.78, 5) is 41.2. The minimum absolute atomic E-state index is 0.0574. The second-order valence-corrected chi connectivity index (χ2v) is 9.67. The van der Waals surface area contributed by atoms with Crippen LogP contribution < -0.4 is 10.6 Å². The zero-order valence-corrected chi connectivity index (χ0v) is 22.3. The molecule has 190 valence electrons. The van der Waals surface area contributed by atoms with Crippen molar-refractivity contribution in [3.8, 4) is 0 Å². The zero-order valence-electron chi connectivity index (χ0n) is 21.4. The number of unbranched alkanes of at least 4 members (excludes halogenated alkanes) is 1. The second kappa shape index (κ2) is 14.0. The maximum Gasteiger partial charge on any atom is 0.408 e. The third-order valence-corrected chi connectivity index (χ3v) is 5.68. The van der Waals surface area contributed by atoms with Crippen molar-refractivity contribution < 1.29 is 19.1 Å². The quantitative estimate of drug-likeness (QED) is 0.291. The first-order chi connectivity index (χ1) is 16.0. The van der Waals surface area contributed by atoms with Crippen molar-refractivity contribution >= 4 is 36.6 Å². The SMILES string of the molecule is C=Cc1cccc(C(C(=O)NCCCC)N(C(=O)C(CS)NC(=O)OC(C)(C)C)C(C)CC)c1. The highest BCUT2D eigenvalue weighted by Gasteiger charge is 2.38. The standard InChI is InChI=1S/C26H41N3O4S/c1-8-11-15-27-23(30)22(20-14-12-13-19(10-3)16-20)29(18(4)9-2)24(31)21(17-34)28-25(32)33-26(5,6)7/h10,12-14,16,18,21-22,34H,3,8-9,11,15,17H2,1-2,4-7H3,(H,27,30)(H,28,32). The fourth-order valence-corrected chi connectivity index (χ4v) is 3.64. The molecule has 0 bridgehead atoms. The van der Waals surface area contributed by atoms with E-state index in [4.69, 9.17) is 4.74 Å². The summed E-state index contributed by atoms with van der Waals surface area (Å²) in [5.41, 5.74) is 0.811. The Bertz CT molecular complexity index is 838. The molecule has 1 aromatic rings. The Morgan fingerprint density at radius 2 is 1.91 bits per heavy atom. The Morgan fingerprint density at radius 1 is 1.24 bits per heavy atom. The van der Waals surface area contributed by atoms with Gasteiger partial charge in [-0.3, -0.25) is 9.59 Å². The minimum atomic E-state index is -0.958. The summed E-state index contributed by atoms with van der Waals surface area (Å²) >= 11 is 4.31. The first kappa shape index (κ1) is 29.6. The molecule has 3 amide bonds. The highest BCUT2D eigenvalue weighted by Crippen LogP contribution is 2.27. The Hall–Kier alpha value is -2.48. The predicted molar refractivity (Wildman–Crippen MR) is 141 cm³/mol. The number of nitrogens with zero attached hydrogens (tertiary/aromatic N) is 1. The maximum absolute atomic E-state index is 13.8. The van der Waals surface area contributed by atoms with Crippen LogP contribution in [0.5, 0.6) is 0 Å². The van der Waals surface area contributed by atoms with E-state index in [2.05, 4.69) is 29.8 Å². The van der Waals surface area contributed by atoms with Gasteiger partial charge in [0.2, 0.25) is 11.8 Å². The molecular formula is C26H41N3O4S. The summed E-state index contributed by atoms with van der Waals surface area (Å²) in [7, 11) is 0. The average Bonchev–Trinajstić information content (AvgIpc) is 2.78. The summed E-state index contributed by atoms with van der Waals surface area (Å²) in [6, 6.07) is 5.31. The van der Waals surface area contributed by atoms with Gasteiger partial charge >= 0.3 is 6.09 Å². The first-order valence-electron chi connectivity index (χ1n) is 11.9. The van der Waals surface area contributed by atoms with E-state index in [9.17, 15) is 14.4 Å². The molecule has 34 heavy (non-hydrogen) atoms. The van der Waals surface area contributed by atoms with E-state index in [0.717, 1.165) is 18.4 Å². The van der Waals surface area contributed by atoms with Gasteiger partial charge in [-0.1, -0.05) is 51.1 Å². The second-order valence-electron chi connectivity index (χ2n) is 9.31. The van der Waals surface area contributed by atoms with Crippen LogP contribution >= 0.6 is 12.6 Å². The van der Waals surface area contributed by atoms with Crippen molar-refractivity contribution in [3.63, 3.8) is 0 Å². The number of nitrogens with one attached hydrogen (secondary N) is 2. The van der Waals surface area contributed by atoms with Crippen molar-refractivity contribution in [3.05, 3.63) is 42.0 Å². The van der Waals surface area contributed by atoms with Gasteiger partial charge in [0.1, 0.15) is 17.7 Å². The lowest BCUT2D eigenvalue weighted by Gasteiger charge is -2.38. The van der Waals surface area contributed by atoms with Gasteiger partial charge in [0.05, 0.1) is 0 Å². The van der Waals surface area contributed by atoms with Crippen LogP contribution in [0.4, 0.5) is 4.79 Å². The average molecular weight is 492 g/mol. The molecule has 0 saturated heterocycles. The summed E-state index contributed by atoms with van der Waals surface area (Å²) in [5, 5.41) is 5.60. The Morgan fingerprint density at radius 3 is 2.44 bits per heavy atom. The van der Waals surface area contributed by atoms with Gasteiger partial charge in [0, 0.05) is 18.3 Å². The summed E-state index contributed by atoms with van der Waals surface area (Å²) in [6.07, 6.45) is 3.39. The van der Waals surface area contributed by atoms with Crippen molar-refractivity contribution in [2.24, 2.45) is 0 Å². The summed E-state index contributed by atoms with van der Waals surface area (Å²) in [6.45, 7) is 15.5. The van der Waals surface area contributed by atoms with Crippen LogP contribution in [0.2, 0.25) is 0 Å². The van der Waals surface area contributed by atoms with Gasteiger partial charge in [0.25, 0.3) is 0 Å². The topological polar surface area (TPSA) is 87.7 Å². The third kappa shape index (κ3) is 9.05. The van der Waals surface area contributed by atoms with Crippen LogP contribution in [-0.4, -0.2) is 52.8 Å². The van der Waals surface area contributed by atoms with Crippen molar-refractivity contribution in [2.75, 3.05) is 12.3 Å². The number of hydrogen-bond acceptors (Lipinski definition) is 5. The molecule has 0 radical (unpaired) electrons. The van der Waals surface area contributed by atoms with Crippen LogP contribution in [0.1, 0.15) is 78.0 Å². The van der Waals surface area contributed by atoms with Crippen LogP contribution in [0.25, 0.3) is 6.08 Å². The van der Waals surface area contributed by atoms with E-state index >= 15 is 0 Å². The van der Waals surface area contributed by atoms with E-state index < -0.39 is 29.7 Å². The van der Waals surface area contributed by atoms with Gasteiger partial charge in [-0.15, -0.1) is 0 Å². The fraction of sp³-hybridized carbons (Fsp3) is 0.577. The number of carbonyl (C=O) groups excluding carboxylic acids is 3. The molecular weight excluding hydrogens is 450 g/mol. The summed E-state index contributed by atoms with van der Waals surface area (Å²) < 4.78 is 5.33.